The maximum Gasteiger partial charge on any atom is 0.346 e. The minimum absolute atomic E-state index is 0.338. The molecule has 10 nitrogen and oxygen atoms in total. The molecule has 0 bridgehead atoms. The van der Waals surface area contributed by atoms with Gasteiger partial charge in [-0.05, 0) is 171 Å². The van der Waals surface area contributed by atoms with E-state index in [9.17, 15) is 30.3 Å². The third-order valence-electron chi connectivity index (χ3n) is 22.2. The number of nitrogens with zero attached hydrogens (tertiary/aromatic N) is 2. The molecule has 2 unspecified atom stereocenters. The molecule has 20 heteroatoms. The Bertz CT molecular complexity index is 4900. The van der Waals surface area contributed by atoms with Crippen LogP contribution in [0.2, 0.25) is 0 Å². The first-order valence-electron chi connectivity index (χ1n) is 42.0. The predicted octanol–water partition coefficient (Wildman–Crippen LogP) is 31.5. The molecular formula is C94H108N2O8S10. The topological polar surface area (TPSA) is 159 Å². The molecule has 13 rings (SSSR count). The van der Waals surface area contributed by atoms with Gasteiger partial charge in [-0.2, -0.15) is 10.5 Å². The van der Waals surface area contributed by atoms with E-state index in [4.69, 9.17) is 18.9 Å². The fourth-order valence-corrected chi connectivity index (χ4v) is 28.7. The van der Waals surface area contributed by atoms with Gasteiger partial charge >= 0.3 is 11.9 Å². The van der Waals surface area contributed by atoms with Crippen LogP contribution < -0.4 is 18.9 Å². The number of carbonyl (C=O) groups is 2. The van der Waals surface area contributed by atoms with E-state index in [0.29, 0.717) is 71.0 Å². The van der Waals surface area contributed by atoms with Crippen molar-refractivity contribution >= 4 is 158 Å². The van der Waals surface area contributed by atoms with Gasteiger partial charge in [0.15, 0.2) is 23.0 Å². The SMILES string of the molecule is CCCCCCc1cc(-c2cc3c(-c4ccc(CC(CC)CCCC)s4)c4sc(-c5cc(CCCCCC)c(-c6cc(CCCCCC)c(-c7sc(/C=C(\C#N)C(=O)O)c8c7OCCO8)s6)s5)cc4c(-c4ccc(CC(CC)CCCC)s4)c3s2)sc1-c1cc(CCCCCC)c(-c2sc(/C=C(/C#N)C(=O)O)c3c2OCCO3)s1. The number of hydrogen-bond donors (Lipinski definition) is 2. The fourth-order valence-electron chi connectivity index (χ4n) is 15.9. The van der Waals surface area contributed by atoms with E-state index in [1.54, 1.807) is 0 Å². The molecule has 10 aromatic heterocycles. The lowest BCUT2D eigenvalue weighted by Crippen LogP contribution is -2.15. The molecule has 114 heavy (non-hydrogen) atoms. The van der Waals surface area contributed by atoms with E-state index >= 15 is 0 Å². The van der Waals surface area contributed by atoms with Crippen LogP contribution >= 0.6 is 113 Å². The highest BCUT2D eigenvalue weighted by Gasteiger charge is 2.33. The van der Waals surface area contributed by atoms with E-state index in [2.05, 4.69) is 116 Å². The first-order chi connectivity index (χ1) is 55.7. The van der Waals surface area contributed by atoms with Crippen molar-refractivity contribution in [3.8, 4) is 115 Å². The summed E-state index contributed by atoms with van der Waals surface area (Å²) < 4.78 is 28.3. The number of unbranched alkanes of at least 4 members (excludes halogenated alkanes) is 14. The van der Waals surface area contributed by atoms with Crippen molar-refractivity contribution in [3.63, 3.8) is 0 Å². The molecular weight excluding hydrogens is 1610 g/mol. The fraction of sp³-hybridized carbons (Fsp3) is 0.468. The predicted molar refractivity (Wildman–Crippen MR) is 494 cm³/mol. The second kappa shape index (κ2) is 41.1. The quantitative estimate of drug-likeness (QED) is 0.0214. The summed E-state index contributed by atoms with van der Waals surface area (Å²) in [4.78, 5) is 45.8. The van der Waals surface area contributed by atoms with E-state index in [-0.39, 0.29) is 11.1 Å². The Kier molecular flexibility index (Phi) is 30.8. The van der Waals surface area contributed by atoms with Crippen molar-refractivity contribution in [3.05, 3.63) is 114 Å². The molecule has 2 aliphatic rings. The highest BCUT2D eigenvalue weighted by molar-refractivity contribution is 7.32. The third kappa shape index (κ3) is 19.7. The van der Waals surface area contributed by atoms with Gasteiger partial charge in [0.25, 0.3) is 0 Å². The number of nitriles is 2. The van der Waals surface area contributed by atoms with Gasteiger partial charge < -0.3 is 29.2 Å². The number of carboxylic acid groups (broad SMARTS) is 2. The number of carboxylic acids is 2. The van der Waals surface area contributed by atoms with Crippen molar-refractivity contribution in [1.82, 2.24) is 0 Å². The molecule has 11 aromatic rings. The number of aryl methyl sites for hydroxylation is 4. The van der Waals surface area contributed by atoms with Crippen LogP contribution in [-0.4, -0.2) is 48.6 Å². The zero-order valence-corrected chi connectivity index (χ0v) is 75.6. The summed E-state index contributed by atoms with van der Waals surface area (Å²) in [5.41, 5.74) is 7.31. The third-order valence-corrected chi connectivity index (χ3v) is 34.8. The number of ether oxygens (including phenoxy) is 4. The van der Waals surface area contributed by atoms with Gasteiger partial charge in [-0.15, -0.1) is 113 Å². The zero-order chi connectivity index (χ0) is 79.8. The Labute approximate surface area is 714 Å². The summed E-state index contributed by atoms with van der Waals surface area (Å²) in [6.45, 7) is 19.9. The van der Waals surface area contributed by atoms with Gasteiger partial charge in [0, 0.05) is 89.8 Å². The number of aliphatic carboxylic acids is 2. The molecule has 0 aliphatic carbocycles. The second-order valence-corrected chi connectivity index (χ2v) is 41.3. The van der Waals surface area contributed by atoms with Crippen LogP contribution in [0.1, 0.15) is 251 Å². The number of benzene rings is 1. The Balaban J connectivity index is 1.01. The van der Waals surface area contributed by atoms with Gasteiger partial charge in [0.05, 0.1) is 29.3 Å². The summed E-state index contributed by atoms with van der Waals surface area (Å²) in [6.07, 6.45) is 36.7. The molecule has 0 radical (unpaired) electrons. The molecule has 0 amide bonds. The maximum absolute atomic E-state index is 12.3. The lowest BCUT2D eigenvalue weighted by molar-refractivity contribution is -0.133. The zero-order valence-electron chi connectivity index (χ0n) is 67.4. The summed E-state index contributed by atoms with van der Waals surface area (Å²) in [6, 6.07) is 28.8. The van der Waals surface area contributed by atoms with Gasteiger partial charge in [0.2, 0.25) is 0 Å². The number of hydrogen-bond acceptors (Lipinski definition) is 18. The summed E-state index contributed by atoms with van der Waals surface area (Å²) in [5, 5.41) is 42.7. The van der Waals surface area contributed by atoms with Crippen LogP contribution in [0.15, 0.2) is 71.8 Å². The molecule has 0 fully saturated rings. The van der Waals surface area contributed by atoms with Gasteiger partial charge in [-0.1, -0.05) is 184 Å². The summed E-state index contributed by atoms with van der Waals surface area (Å²) >= 11 is 18.5. The Hall–Kier alpha value is -6.66. The average molecular weight is 1710 g/mol. The molecule has 2 atom stereocenters. The first kappa shape index (κ1) is 85.2. The van der Waals surface area contributed by atoms with Crippen LogP contribution in [0.4, 0.5) is 0 Å². The lowest BCUT2D eigenvalue weighted by Gasteiger charge is -2.17. The molecule has 0 saturated heterocycles. The lowest BCUT2D eigenvalue weighted by atomic mass is 9.95. The van der Waals surface area contributed by atoms with Crippen LogP contribution in [0, 0.1) is 34.5 Å². The molecule has 2 N–H and O–H groups in total. The van der Waals surface area contributed by atoms with Crippen LogP contribution in [0.5, 0.6) is 23.0 Å². The average Bonchev–Trinajstić information content (AvgIpc) is 1.55. The van der Waals surface area contributed by atoms with Gasteiger partial charge in [-0.25, -0.2) is 9.59 Å². The monoisotopic (exact) mass is 1710 g/mol. The van der Waals surface area contributed by atoms with E-state index in [1.165, 1.54) is 237 Å². The Morgan fingerprint density at radius 1 is 0.377 bits per heavy atom. The van der Waals surface area contributed by atoms with Crippen molar-refractivity contribution < 1.29 is 38.7 Å². The van der Waals surface area contributed by atoms with Crippen LogP contribution in [-0.2, 0) is 48.1 Å². The van der Waals surface area contributed by atoms with Gasteiger partial charge in [-0.3, -0.25) is 0 Å². The van der Waals surface area contributed by atoms with Crippen molar-refractivity contribution in [2.45, 2.75) is 248 Å². The second-order valence-electron chi connectivity index (χ2n) is 30.6. The number of rotatable bonds is 44. The first-order valence-corrected chi connectivity index (χ1v) is 50.2. The van der Waals surface area contributed by atoms with E-state index in [1.807, 2.05) is 103 Å². The van der Waals surface area contributed by atoms with Crippen LogP contribution in [0.25, 0.3) is 112 Å². The normalized spacial score (nSPS) is 13.6. The van der Waals surface area contributed by atoms with E-state index in [0.717, 1.165) is 122 Å². The molecule has 2 aliphatic heterocycles. The molecule has 0 saturated carbocycles. The molecule has 602 valence electrons. The summed E-state index contributed by atoms with van der Waals surface area (Å²) in [5.74, 6) is 1.04. The molecule has 1 aromatic carbocycles. The Morgan fingerprint density at radius 3 is 1.05 bits per heavy atom. The minimum atomic E-state index is -1.27. The standard InChI is InChI=1S/C94H108N2O8S10/c1-9-17-23-27-33-59-47-71(107-85(59)77-49-61(35-29-25-19-11-3)87(113-77)91-83-81(101-41-43-103-83)75(111-91)51-63(55-95)93(97)98)73-53-67-79(69-39-37-65(105-69)45-57(15-7)31-21-13-5)90-68(80(89(67)109-73)70-40-38-66(106-70)46-58(16-8)32-22-14-6)54-74(110-90)72-48-60(34-28-24-18-10-2)86(108-72)78-50-62(36-30-26-20-12-4)88(114-78)92-84-82(102-42-44-104-84)76(112-92)52-64(56-96)94(99)100/h37-40,47-54,57-58H,9-36,41-46H2,1-8H3,(H,97,98)(H,99,100)/b63-51-,64-52+. The largest absolute Gasteiger partial charge is 0.485 e. The number of thiophene rings is 10. The van der Waals surface area contributed by atoms with Crippen molar-refractivity contribution in [2.75, 3.05) is 26.4 Å². The van der Waals surface area contributed by atoms with Gasteiger partial charge in [0.1, 0.15) is 49.7 Å². The molecule has 0 spiro atoms. The maximum atomic E-state index is 12.3. The summed E-state index contributed by atoms with van der Waals surface area (Å²) in [7, 11) is 0. The Morgan fingerprint density at radius 2 is 0.711 bits per heavy atom. The van der Waals surface area contributed by atoms with Crippen molar-refractivity contribution in [1.29, 1.82) is 10.5 Å². The minimum Gasteiger partial charge on any atom is -0.485 e. The smallest absolute Gasteiger partial charge is 0.346 e. The van der Waals surface area contributed by atoms with Crippen LogP contribution in [0.3, 0.4) is 0 Å². The highest BCUT2D eigenvalue weighted by Crippen LogP contribution is 2.60. The number of fused-ring (bicyclic) bond motifs is 4. The van der Waals surface area contributed by atoms with Crippen molar-refractivity contribution in [2.24, 2.45) is 11.8 Å². The highest BCUT2D eigenvalue weighted by atomic mass is 32.1. The van der Waals surface area contributed by atoms with E-state index < -0.39 is 11.9 Å². The molecule has 12 heterocycles.